The van der Waals surface area contributed by atoms with Gasteiger partial charge in [0.25, 0.3) is 0 Å². The van der Waals surface area contributed by atoms with Gasteiger partial charge in [0.1, 0.15) is 0 Å². The number of hydrogen-bond donors (Lipinski definition) is 0. The molecule has 0 nitrogen and oxygen atoms in total. The van der Waals surface area contributed by atoms with Gasteiger partial charge in [-0.2, -0.15) is 10.4 Å². The Morgan fingerprint density at radius 1 is 0.571 bits per heavy atom. The molecule has 0 bridgehead atoms. The van der Waals surface area contributed by atoms with Crippen LogP contribution in [0.2, 0.25) is 0 Å². The van der Waals surface area contributed by atoms with Crippen molar-refractivity contribution in [2.24, 2.45) is 0 Å². The van der Waals surface area contributed by atoms with E-state index in [1.807, 2.05) is 0 Å². The molecule has 2 rings (SSSR count). The first kappa shape index (κ1) is 11.3. The molecule has 64 valence electrons. The Labute approximate surface area is 99.4 Å². The van der Waals surface area contributed by atoms with Crippen molar-refractivity contribution in [3.05, 3.63) is 60.7 Å². The van der Waals surface area contributed by atoms with Crippen LogP contribution in [0, 0.1) is 0 Å². The molecule has 0 atom stereocenters. The van der Waals surface area contributed by atoms with Gasteiger partial charge in [-0.05, 0) is 0 Å². The molecule has 2 aromatic carbocycles. The Kier molecular flexibility index (Phi) is 4.75. The zero-order valence-electron chi connectivity index (χ0n) is 8.35. The van der Waals surface area contributed by atoms with Crippen LogP contribution in [0.4, 0.5) is 0 Å². The zero-order valence-corrected chi connectivity index (χ0v) is 9.51. The van der Waals surface area contributed by atoms with E-state index in [1.165, 1.54) is 10.4 Å². The van der Waals surface area contributed by atoms with Gasteiger partial charge in [-0.25, -0.2) is 0 Å². The summed E-state index contributed by atoms with van der Waals surface area (Å²) in [6, 6.07) is 21.3. The fraction of sp³-hybridized carbons (Fsp3) is 0. The summed E-state index contributed by atoms with van der Waals surface area (Å²) in [5.74, 6) is 0. The van der Waals surface area contributed by atoms with Crippen molar-refractivity contribution in [1.82, 2.24) is 0 Å². The fourth-order valence-corrected chi connectivity index (χ4v) is 2.51. The minimum atomic E-state index is 0. The molecule has 0 heterocycles. The summed E-state index contributed by atoms with van der Waals surface area (Å²) in [5, 5.41) is 2.90. The van der Waals surface area contributed by atoms with Gasteiger partial charge in [-0.1, -0.05) is 60.7 Å². The zero-order chi connectivity index (χ0) is 8.93. The maximum absolute atomic E-state index is 2.20. The Bertz CT molecular complexity index is 321. The topological polar surface area (TPSA) is 0 Å². The minimum absolute atomic E-state index is 0. The minimum Gasteiger partial charge on any atom is -0.269 e. The SMILES string of the molecule is [Li+].c1ccc([SiH-]c2ccccc2)cc1. The van der Waals surface area contributed by atoms with Crippen molar-refractivity contribution >= 4 is 19.9 Å². The third kappa shape index (κ3) is 3.19. The molecule has 0 radical (unpaired) electrons. The van der Waals surface area contributed by atoms with Gasteiger partial charge in [0.2, 0.25) is 0 Å². The van der Waals surface area contributed by atoms with Crippen molar-refractivity contribution < 1.29 is 18.9 Å². The standard InChI is InChI=1S/C12H11Si.Li/c1-3-7-11(8-4-1)13-12-9-5-2-6-10-12;/h1-10,13H;/q-1;+1. The molecule has 2 aromatic rings. The van der Waals surface area contributed by atoms with E-state index < -0.39 is 0 Å². The van der Waals surface area contributed by atoms with Gasteiger partial charge < -0.3 is 0 Å². The molecule has 0 aliphatic heterocycles. The maximum Gasteiger partial charge on any atom is 1.00 e. The predicted octanol–water partition coefficient (Wildman–Crippen LogP) is -1.92. The molecular formula is C12H11LiSi. The van der Waals surface area contributed by atoms with Crippen LogP contribution in [0.5, 0.6) is 0 Å². The molecule has 0 fully saturated rings. The molecule has 0 spiro atoms. The molecule has 0 aromatic heterocycles. The fourth-order valence-electron chi connectivity index (χ4n) is 1.29. The van der Waals surface area contributed by atoms with Crippen molar-refractivity contribution in [2.75, 3.05) is 0 Å². The second-order valence-corrected chi connectivity index (χ2v) is 4.59. The smallest absolute Gasteiger partial charge is 0.269 e. The molecule has 0 aliphatic rings. The molecule has 0 saturated heterocycles. The van der Waals surface area contributed by atoms with Crippen molar-refractivity contribution in [3.8, 4) is 0 Å². The Morgan fingerprint density at radius 2 is 0.929 bits per heavy atom. The number of hydrogen-bond acceptors (Lipinski definition) is 0. The van der Waals surface area contributed by atoms with Crippen LogP contribution in [0.25, 0.3) is 0 Å². The summed E-state index contributed by atoms with van der Waals surface area (Å²) in [5.41, 5.74) is 0. The van der Waals surface area contributed by atoms with Crippen LogP contribution in [0.15, 0.2) is 60.7 Å². The van der Waals surface area contributed by atoms with Crippen LogP contribution in [-0.4, -0.2) is 9.52 Å². The van der Waals surface area contributed by atoms with Crippen LogP contribution >= 0.6 is 0 Å². The van der Waals surface area contributed by atoms with Crippen LogP contribution in [0.1, 0.15) is 0 Å². The predicted molar refractivity (Wildman–Crippen MR) is 59.3 cm³/mol. The summed E-state index contributed by atoms with van der Waals surface area (Å²) in [7, 11) is 0.271. The molecule has 0 amide bonds. The number of rotatable bonds is 2. The molecule has 0 N–H and O–H groups in total. The van der Waals surface area contributed by atoms with Crippen molar-refractivity contribution in [2.45, 2.75) is 0 Å². The van der Waals surface area contributed by atoms with E-state index in [2.05, 4.69) is 60.7 Å². The van der Waals surface area contributed by atoms with E-state index in [-0.39, 0.29) is 28.4 Å². The first-order valence-electron chi connectivity index (χ1n) is 4.40. The second-order valence-electron chi connectivity index (χ2n) is 2.97. The molecule has 0 saturated carbocycles. The first-order valence-corrected chi connectivity index (χ1v) is 5.55. The quantitative estimate of drug-likeness (QED) is 0.484. The Hall–Kier alpha value is -0.746. The maximum atomic E-state index is 2.20. The summed E-state index contributed by atoms with van der Waals surface area (Å²) >= 11 is 0. The molecule has 0 unspecified atom stereocenters. The molecule has 0 aliphatic carbocycles. The average Bonchev–Trinajstić information content (AvgIpc) is 2.21. The van der Waals surface area contributed by atoms with Crippen LogP contribution in [-0.2, 0) is 0 Å². The van der Waals surface area contributed by atoms with Gasteiger partial charge >= 0.3 is 18.9 Å². The largest absolute Gasteiger partial charge is 1.00 e. The van der Waals surface area contributed by atoms with Gasteiger partial charge in [0, 0.05) is 0 Å². The summed E-state index contributed by atoms with van der Waals surface area (Å²) in [4.78, 5) is 0. The Morgan fingerprint density at radius 3 is 1.29 bits per heavy atom. The molecule has 14 heavy (non-hydrogen) atoms. The van der Waals surface area contributed by atoms with Gasteiger partial charge in [-0.3, -0.25) is 9.52 Å². The van der Waals surface area contributed by atoms with Crippen molar-refractivity contribution in [1.29, 1.82) is 0 Å². The van der Waals surface area contributed by atoms with Gasteiger partial charge in [0.05, 0.1) is 0 Å². The van der Waals surface area contributed by atoms with Gasteiger partial charge in [0.15, 0.2) is 0 Å². The van der Waals surface area contributed by atoms with E-state index in [9.17, 15) is 0 Å². The summed E-state index contributed by atoms with van der Waals surface area (Å²) in [6.07, 6.45) is 0. The van der Waals surface area contributed by atoms with E-state index in [0.29, 0.717) is 0 Å². The Balaban J connectivity index is 0.000000980. The van der Waals surface area contributed by atoms with E-state index in [1.54, 1.807) is 0 Å². The monoisotopic (exact) mass is 190 g/mol. The van der Waals surface area contributed by atoms with E-state index in [4.69, 9.17) is 0 Å². The third-order valence-corrected chi connectivity index (χ3v) is 3.37. The summed E-state index contributed by atoms with van der Waals surface area (Å²) in [6.45, 7) is 0. The van der Waals surface area contributed by atoms with E-state index in [0.717, 1.165) is 0 Å². The summed E-state index contributed by atoms with van der Waals surface area (Å²) < 4.78 is 0. The first-order chi connectivity index (χ1) is 6.45. The van der Waals surface area contributed by atoms with Crippen LogP contribution in [0.3, 0.4) is 0 Å². The number of benzene rings is 2. The van der Waals surface area contributed by atoms with Crippen molar-refractivity contribution in [3.63, 3.8) is 0 Å². The molecular weight excluding hydrogens is 179 g/mol. The molecule has 2 heteroatoms. The normalized spacial score (nSPS) is 8.86. The average molecular weight is 190 g/mol. The van der Waals surface area contributed by atoms with Gasteiger partial charge in [-0.15, -0.1) is 0 Å². The van der Waals surface area contributed by atoms with E-state index >= 15 is 0 Å². The second kappa shape index (κ2) is 5.87. The van der Waals surface area contributed by atoms with Crippen LogP contribution < -0.4 is 29.2 Å². The third-order valence-electron chi connectivity index (χ3n) is 1.93.